The molecule has 3 aromatic rings. The van der Waals surface area contributed by atoms with Gasteiger partial charge in [0.15, 0.2) is 0 Å². The number of carbonyl (C=O) groups is 1. The van der Waals surface area contributed by atoms with Crippen LogP contribution in [0.15, 0.2) is 56.8 Å². The van der Waals surface area contributed by atoms with Crippen LogP contribution in [0.3, 0.4) is 0 Å². The molecule has 0 saturated carbocycles. The predicted octanol–water partition coefficient (Wildman–Crippen LogP) is 1.61. The van der Waals surface area contributed by atoms with Crippen molar-refractivity contribution in [1.29, 1.82) is 0 Å². The quantitative estimate of drug-likeness (QED) is 0.531. The first-order valence-corrected chi connectivity index (χ1v) is 10.9. The number of hydrogen-bond acceptors (Lipinski definition) is 7. The van der Waals surface area contributed by atoms with Crippen molar-refractivity contribution in [1.82, 2.24) is 24.9 Å². The molecule has 1 saturated heterocycles. The molecule has 1 fully saturated rings. The van der Waals surface area contributed by atoms with E-state index in [1.165, 1.54) is 0 Å². The number of nitrogens with zero attached hydrogens (tertiary/aromatic N) is 3. The Bertz CT molecular complexity index is 1140. The van der Waals surface area contributed by atoms with Gasteiger partial charge in [-0.3, -0.25) is 19.5 Å². The maximum atomic E-state index is 12.7. The molecular weight excluding hydrogens is 426 g/mol. The number of piperidine rings is 1. The molecule has 10 heteroatoms. The zero-order valence-electron chi connectivity index (χ0n) is 18.5. The lowest BCUT2D eigenvalue weighted by Crippen LogP contribution is -2.43. The Morgan fingerprint density at radius 2 is 2.03 bits per heavy atom. The topological polar surface area (TPSA) is 125 Å². The number of aromatic amines is 2. The summed E-state index contributed by atoms with van der Waals surface area (Å²) in [6.07, 6.45) is 3.35. The average molecular weight is 453 g/mol. The van der Waals surface area contributed by atoms with E-state index in [1.54, 1.807) is 11.2 Å². The second kappa shape index (κ2) is 10.3. The van der Waals surface area contributed by atoms with Crippen LogP contribution >= 0.6 is 0 Å². The highest BCUT2D eigenvalue weighted by atomic mass is 16.5. The van der Waals surface area contributed by atoms with Crippen molar-refractivity contribution in [2.45, 2.75) is 25.9 Å². The molecule has 4 rings (SSSR count). The Balaban J connectivity index is 1.27. The van der Waals surface area contributed by atoms with Crippen LogP contribution in [-0.4, -0.2) is 57.6 Å². The smallest absolute Gasteiger partial charge is 0.326 e. The Morgan fingerprint density at radius 1 is 1.21 bits per heavy atom. The Hall–Kier alpha value is -3.66. The van der Waals surface area contributed by atoms with E-state index in [0.717, 1.165) is 42.5 Å². The molecule has 2 aromatic heterocycles. The molecule has 174 valence electrons. The van der Waals surface area contributed by atoms with E-state index in [2.05, 4.69) is 20.0 Å². The Kier molecular flexibility index (Phi) is 7.04. The summed E-state index contributed by atoms with van der Waals surface area (Å²) in [6, 6.07) is 10.9. The number of H-pyrrole nitrogens is 2. The molecule has 2 N–H and O–H groups in total. The van der Waals surface area contributed by atoms with Crippen molar-refractivity contribution < 1.29 is 14.1 Å². The molecule has 0 aliphatic carbocycles. The van der Waals surface area contributed by atoms with E-state index in [0.29, 0.717) is 26.2 Å². The highest BCUT2D eigenvalue weighted by Crippen LogP contribution is 2.20. The second-order valence-corrected chi connectivity index (χ2v) is 8.38. The van der Waals surface area contributed by atoms with Crippen LogP contribution in [0.25, 0.3) is 0 Å². The molecule has 0 bridgehead atoms. The second-order valence-electron chi connectivity index (χ2n) is 8.38. The molecular formula is C23H27N5O5. The van der Waals surface area contributed by atoms with Crippen LogP contribution in [0.2, 0.25) is 0 Å². The van der Waals surface area contributed by atoms with Crippen LogP contribution < -0.4 is 16.0 Å². The van der Waals surface area contributed by atoms with Gasteiger partial charge in [0.1, 0.15) is 17.7 Å². The first-order chi connectivity index (χ1) is 16.0. The fraction of sp³-hybridized carbons (Fsp3) is 0.391. The number of nitrogens with one attached hydrogen (secondary N) is 2. The van der Waals surface area contributed by atoms with Gasteiger partial charge in [-0.2, -0.15) is 0 Å². The number of carbonyl (C=O) groups excluding carboxylic acids is 1. The van der Waals surface area contributed by atoms with Crippen molar-refractivity contribution in [2.24, 2.45) is 5.92 Å². The van der Waals surface area contributed by atoms with E-state index < -0.39 is 11.2 Å². The summed E-state index contributed by atoms with van der Waals surface area (Å²) in [7, 11) is 2.02. The van der Waals surface area contributed by atoms with Crippen molar-refractivity contribution >= 4 is 5.91 Å². The maximum absolute atomic E-state index is 12.7. The lowest BCUT2D eigenvalue weighted by atomic mass is 9.98. The molecule has 1 atom stereocenters. The molecule has 1 aromatic carbocycles. The molecule has 3 heterocycles. The van der Waals surface area contributed by atoms with Crippen molar-refractivity contribution in [3.05, 3.63) is 80.5 Å². The molecule has 0 radical (unpaired) electrons. The number of rotatable bonds is 8. The van der Waals surface area contributed by atoms with Crippen LogP contribution in [0.1, 0.15) is 34.6 Å². The number of likely N-dealkylation sites (tertiary alicyclic amines) is 1. The summed E-state index contributed by atoms with van der Waals surface area (Å²) in [5.74, 6) is 0.604. The fourth-order valence-corrected chi connectivity index (χ4v) is 4.01. The summed E-state index contributed by atoms with van der Waals surface area (Å²) in [5.41, 5.74) is 0.786. The van der Waals surface area contributed by atoms with E-state index in [-0.39, 0.29) is 17.5 Å². The van der Waals surface area contributed by atoms with Crippen molar-refractivity contribution in [3.8, 4) is 5.75 Å². The van der Waals surface area contributed by atoms with Crippen LogP contribution in [0.4, 0.5) is 0 Å². The highest BCUT2D eigenvalue weighted by molar-refractivity contribution is 5.92. The number of hydrogen-bond donors (Lipinski definition) is 2. The van der Waals surface area contributed by atoms with Gasteiger partial charge in [0, 0.05) is 44.2 Å². The van der Waals surface area contributed by atoms with Crippen LogP contribution in [-0.2, 0) is 13.1 Å². The van der Waals surface area contributed by atoms with E-state index in [4.69, 9.17) is 9.26 Å². The van der Waals surface area contributed by atoms with Gasteiger partial charge in [-0.15, -0.1) is 0 Å². The van der Waals surface area contributed by atoms with Crippen molar-refractivity contribution in [3.63, 3.8) is 0 Å². The number of amides is 1. The van der Waals surface area contributed by atoms with Gasteiger partial charge in [-0.1, -0.05) is 17.3 Å². The number of ether oxygens (including phenoxy) is 1. The lowest BCUT2D eigenvalue weighted by Gasteiger charge is -2.32. The monoisotopic (exact) mass is 453 g/mol. The Morgan fingerprint density at radius 3 is 2.76 bits per heavy atom. The zero-order valence-corrected chi connectivity index (χ0v) is 18.5. The SMILES string of the molecule is CN(Cc1ccc(OCC2CCCN(C(=O)c3cc(=O)[nH]c(=O)[nH]3)C2)cc1)Cc1ccon1. The zero-order chi connectivity index (χ0) is 23.2. The third kappa shape index (κ3) is 6.19. The number of aromatic nitrogens is 3. The normalized spacial score (nSPS) is 16.2. The summed E-state index contributed by atoms with van der Waals surface area (Å²) in [6.45, 7) is 3.06. The number of benzene rings is 1. The summed E-state index contributed by atoms with van der Waals surface area (Å²) < 4.78 is 10.8. The van der Waals surface area contributed by atoms with Gasteiger partial charge >= 0.3 is 5.69 Å². The minimum atomic E-state index is -0.685. The molecule has 33 heavy (non-hydrogen) atoms. The Labute approximate surface area is 190 Å². The van der Waals surface area contributed by atoms with Gasteiger partial charge in [0.2, 0.25) is 0 Å². The molecule has 1 aliphatic rings. The molecule has 0 spiro atoms. The summed E-state index contributed by atoms with van der Waals surface area (Å²) in [4.78, 5) is 44.0. The van der Waals surface area contributed by atoms with Gasteiger partial charge in [0.05, 0.1) is 12.3 Å². The lowest BCUT2D eigenvalue weighted by molar-refractivity contribution is 0.0627. The predicted molar refractivity (Wildman–Crippen MR) is 120 cm³/mol. The third-order valence-corrected chi connectivity index (χ3v) is 5.58. The van der Waals surface area contributed by atoms with Gasteiger partial charge < -0.3 is 19.1 Å². The van der Waals surface area contributed by atoms with Gasteiger partial charge in [-0.25, -0.2) is 4.79 Å². The first-order valence-electron chi connectivity index (χ1n) is 10.9. The largest absolute Gasteiger partial charge is 0.493 e. The standard InChI is InChI=1S/C23H27N5O5/c1-27(14-18-8-10-33-26-18)12-16-4-6-19(7-5-16)32-15-17-3-2-9-28(13-17)22(30)20-11-21(29)25-23(31)24-20/h4-8,10-11,17H,2-3,9,12-15H2,1H3,(H2,24,25,29,31). The van der Waals surface area contributed by atoms with Crippen LogP contribution in [0, 0.1) is 5.92 Å². The van der Waals surface area contributed by atoms with E-state index in [9.17, 15) is 14.4 Å². The van der Waals surface area contributed by atoms with Gasteiger partial charge in [0.25, 0.3) is 11.5 Å². The minimum Gasteiger partial charge on any atom is -0.493 e. The van der Waals surface area contributed by atoms with E-state index >= 15 is 0 Å². The molecule has 1 unspecified atom stereocenters. The van der Waals surface area contributed by atoms with Crippen molar-refractivity contribution in [2.75, 3.05) is 26.7 Å². The molecule has 1 amide bonds. The first kappa shape index (κ1) is 22.5. The van der Waals surface area contributed by atoms with E-state index in [1.807, 2.05) is 37.4 Å². The third-order valence-electron chi connectivity index (χ3n) is 5.58. The van der Waals surface area contributed by atoms with Gasteiger partial charge in [-0.05, 0) is 37.6 Å². The highest BCUT2D eigenvalue weighted by Gasteiger charge is 2.25. The molecule has 1 aliphatic heterocycles. The summed E-state index contributed by atoms with van der Waals surface area (Å²) in [5, 5.41) is 3.93. The van der Waals surface area contributed by atoms with Crippen LogP contribution in [0.5, 0.6) is 5.75 Å². The fourth-order valence-electron chi connectivity index (χ4n) is 4.01. The average Bonchev–Trinajstić information content (AvgIpc) is 3.30. The summed E-state index contributed by atoms with van der Waals surface area (Å²) >= 11 is 0. The maximum Gasteiger partial charge on any atom is 0.326 e. The molecule has 10 nitrogen and oxygen atoms in total. The minimum absolute atomic E-state index is 0.00873.